The van der Waals surface area contributed by atoms with Crippen molar-refractivity contribution in [3.8, 4) is 0 Å². The Morgan fingerprint density at radius 2 is 1.97 bits per heavy atom. The Kier molecular flexibility index (Phi) is 3.90. The Balaban J connectivity index is 1.34. The van der Waals surface area contributed by atoms with Crippen LogP contribution in [0.3, 0.4) is 0 Å². The van der Waals surface area contributed by atoms with Crippen molar-refractivity contribution in [1.29, 1.82) is 0 Å². The van der Waals surface area contributed by atoms with E-state index in [0.29, 0.717) is 12.0 Å². The maximum absolute atomic E-state index is 13.0. The number of carbonyl (C=O) groups excluding carboxylic acids is 1. The van der Waals surface area contributed by atoms with Crippen molar-refractivity contribution in [2.45, 2.75) is 102 Å². The van der Waals surface area contributed by atoms with Crippen LogP contribution in [0.25, 0.3) is 0 Å². The number of nitrogens with zero attached hydrogens (tertiary/aromatic N) is 3. The normalized spacial score (nSPS) is 40.7. The molecule has 31 heavy (non-hydrogen) atoms. The van der Waals surface area contributed by atoms with Crippen molar-refractivity contribution >= 4 is 17.7 Å². The van der Waals surface area contributed by atoms with Crippen LogP contribution in [0, 0.1) is 10.8 Å². The van der Waals surface area contributed by atoms with Crippen LogP contribution in [0.4, 0.5) is 11.8 Å². The smallest absolute Gasteiger partial charge is 0.246 e. The molecule has 7 nitrogen and oxygen atoms in total. The predicted molar refractivity (Wildman–Crippen MR) is 121 cm³/mol. The zero-order valence-corrected chi connectivity index (χ0v) is 19.1. The van der Waals surface area contributed by atoms with Gasteiger partial charge in [-0.15, -0.1) is 0 Å². The van der Waals surface area contributed by atoms with Gasteiger partial charge in [0.15, 0.2) is 0 Å². The van der Waals surface area contributed by atoms with E-state index >= 15 is 0 Å². The monoisotopic (exact) mass is 424 g/mol. The Bertz CT molecular complexity index is 942. The van der Waals surface area contributed by atoms with Crippen molar-refractivity contribution in [3.63, 3.8) is 0 Å². The maximum Gasteiger partial charge on any atom is 0.246 e. The maximum atomic E-state index is 13.0. The molecule has 1 amide bonds. The third kappa shape index (κ3) is 2.36. The summed E-state index contributed by atoms with van der Waals surface area (Å²) in [4.78, 5) is 25.2. The van der Waals surface area contributed by atoms with Crippen LogP contribution in [0.15, 0.2) is 6.20 Å². The number of carbonyl (C=O) groups is 1. The van der Waals surface area contributed by atoms with Gasteiger partial charge in [0.25, 0.3) is 0 Å². The highest BCUT2D eigenvalue weighted by Crippen LogP contribution is 2.66. The summed E-state index contributed by atoms with van der Waals surface area (Å²) < 4.78 is 0. The summed E-state index contributed by atoms with van der Waals surface area (Å²) in [5, 5.41) is 6.79. The van der Waals surface area contributed by atoms with Crippen LogP contribution in [-0.2, 0) is 11.2 Å². The van der Waals surface area contributed by atoms with Crippen LogP contribution in [0.5, 0.6) is 0 Å². The van der Waals surface area contributed by atoms with Gasteiger partial charge in [0.1, 0.15) is 11.4 Å². The molecule has 0 aromatic carbocycles. The number of nitrogens with one attached hydrogen (secondary N) is 2. The summed E-state index contributed by atoms with van der Waals surface area (Å²) in [5.74, 6) is 1.84. The van der Waals surface area contributed by atoms with Gasteiger partial charge in [-0.1, -0.05) is 33.6 Å². The van der Waals surface area contributed by atoms with Crippen LogP contribution >= 0.6 is 0 Å². The van der Waals surface area contributed by atoms with Gasteiger partial charge < -0.3 is 21.3 Å². The Hall–Kier alpha value is -1.89. The third-order valence-corrected chi connectivity index (χ3v) is 10.4. The van der Waals surface area contributed by atoms with E-state index in [1.807, 2.05) is 6.20 Å². The van der Waals surface area contributed by atoms with E-state index in [1.165, 1.54) is 12.8 Å². The van der Waals surface area contributed by atoms with Gasteiger partial charge in [0, 0.05) is 42.3 Å². The molecule has 4 N–H and O–H groups in total. The van der Waals surface area contributed by atoms with E-state index in [-0.39, 0.29) is 28.3 Å². The molecule has 1 saturated heterocycles. The van der Waals surface area contributed by atoms with Crippen LogP contribution in [-0.4, -0.2) is 45.6 Å². The third-order valence-electron chi connectivity index (χ3n) is 10.4. The number of aromatic nitrogens is 2. The molecule has 3 saturated carbocycles. The zero-order chi connectivity index (χ0) is 21.6. The predicted octanol–water partition coefficient (Wildman–Crippen LogP) is 2.75. The first-order valence-electron chi connectivity index (χ1n) is 12.2. The van der Waals surface area contributed by atoms with Gasteiger partial charge in [-0.2, -0.15) is 4.98 Å². The number of hydrogen-bond donors (Lipinski definition) is 3. The number of hydrogen-bond acceptors (Lipinski definition) is 6. The first-order chi connectivity index (χ1) is 14.7. The molecule has 168 valence electrons. The Morgan fingerprint density at radius 3 is 2.58 bits per heavy atom. The van der Waals surface area contributed by atoms with Crippen LogP contribution < -0.4 is 21.3 Å². The number of fused-ring (bicyclic) bond motifs is 3. The molecule has 1 aromatic heterocycles. The first-order valence-corrected chi connectivity index (χ1v) is 12.2. The van der Waals surface area contributed by atoms with Crippen LogP contribution in [0.1, 0.15) is 77.7 Å². The summed E-state index contributed by atoms with van der Waals surface area (Å²) in [6.07, 6.45) is 11.5. The molecule has 1 aromatic rings. The average molecular weight is 425 g/mol. The number of amides is 1. The lowest BCUT2D eigenvalue weighted by Crippen LogP contribution is -2.56. The molecule has 5 aliphatic rings. The molecular weight excluding hydrogens is 388 g/mol. The minimum absolute atomic E-state index is 0.0796. The SMILES string of the molecule is CC12CC[C@](N)(C[C@H]1Nc1ncc3c(n1)N(C1CCCC1)[C@]1(CCNC1=O)C3)C2(C)C. The van der Waals surface area contributed by atoms with E-state index in [0.717, 1.165) is 62.9 Å². The highest BCUT2D eigenvalue weighted by molar-refractivity contribution is 5.94. The minimum atomic E-state index is -0.466. The van der Waals surface area contributed by atoms with Gasteiger partial charge >= 0.3 is 0 Å². The Labute approximate surface area is 185 Å². The molecule has 2 aliphatic heterocycles. The van der Waals surface area contributed by atoms with Gasteiger partial charge in [0.05, 0.1) is 0 Å². The molecule has 3 aliphatic carbocycles. The van der Waals surface area contributed by atoms with E-state index in [4.69, 9.17) is 15.7 Å². The van der Waals surface area contributed by atoms with E-state index < -0.39 is 5.54 Å². The van der Waals surface area contributed by atoms with Gasteiger partial charge in [0.2, 0.25) is 11.9 Å². The minimum Gasteiger partial charge on any atom is -0.354 e. The second-order valence-corrected chi connectivity index (χ2v) is 11.7. The quantitative estimate of drug-likeness (QED) is 0.690. The van der Waals surface area contributed by atoms with E-state index in [1.54, 1.807) is 0 Å². The average Bonchev–Trinajstić information content (AvgIpc) is 3.49. The summed E-state index contributed by atoms with van der Waals surface area (Å²) in [7, 11) is 0. The van der Waals surface area contributed by atoms with Gasteiger partial charge in [-0.3, -0.25) is 4.79 Å². The fourth-order valence-corrected chi connectivity index (χ4v) is 7.75. The summed E-state index contributed by atoms with van der Waals surface area (Å²) in [6.45, 7) is 7.79. The lowest BCUT2D eigenvalue weighted by Gasteiger charge is -2.40. The van der Waals surface area contributed by atoms with Crippen molar-refractivity contribution < 1.29 is 4.79 Å². The summed E-state index contributed by atoms with van der Waals surface area (Å²) in [5.41, 5.74) is 7.59. The standard InChI is InChI=1S/C24H36N6O/c1-21(2)22(3)8-9-24(21,25)13-17(22)28-20-27-14-15-12-23(10-11-26-19(23)31)30(18(15)29-20)16-6-4-5-7-16/h14,16-17H,4-13,25H2,1-3H3,(H,26,31)(H,27,28,29)/t17-,22?,23-,24+/m1/s1. The Morgan fingerprint density at radius 1 is 1.19 bits per heavy atom. The first kappa shape index (κ1) is 19.8. The molecule has 2 bridgehead atoms. The molecule has 4 fully saturated rings. The molecule has 1 unspecified atom stereocenters. The molecule has 0 radical (unpaired) electrons. The second kappa shape index (κ2) is 6.12. The molecular formula is C24H36N6O. The highest BCUT2D eigenvalue weighted by atomic mass is 16.2. The van der Waals surface area contributed by atoms with Crippen molar-refractivity contribution in [2.75, 3.05) is 16.8 Å². The number of rotatable bonds is 3. The van der Waals surface area contributed by atoms with E-state index in [2.05, 4.69) is 36.3 Å². The molecule has 1 spiro atoms. The zero-order valence-electron chi connectivity index (χ0n) is 19.1. The largest absolute Gasteiger partial charge is 0.354 e. The van der Waals surface area contributed by atoms with Gasteiger partial charge in [-0.25, -0.2) is 4.98 Å². The fraction of sp³-hybridized carbons (Fsp3) is 0.792. The molecule has 3 heterocycles. The van der Waals surface area contributed by atoms with Gasteiger partial charge in [-0.05, 0) is 49.4 Å². The summed E-state index contributed by atoms with van der Waals surface area (Å²) in [6, 6.07) is 0.670. The molecule has 7 heteroatoms. The number of anilines is 2. The second-order valence-electron chi connectivity index (χ2n) is 11.7. The topological polar surface area (TPSA) is 96.2 Å². The molecule has 4 atom stereocenters. The van der Waals surface area contributed by atoms with Crippen molar-refractivity contribution in [1.82, 2.24) is 15.3 Å². The highest BCUT2D eigenvalue weighted by Gasteiger charge is 2.68. The lowest BCUT2D eigenvalue weighted by atomic mass is 9.68. The van der Waals surface area contributed by atoms with E-state index in [9.17, 15) is 4.79 Å². The van der Waals surface area contributed by atoms with Crippen molar-refractivity contribution in [3.05, 3.63) is 11.8 Å². The lowest BCUT2D eigenvalue weighted by molar-refractivity contribution is -0.123. The number of nitrogens with two attached hydrogens (primary N) is 1. The van der Waals surface area contributed by atoms with Crippen molar-refractivity contribution in [2.24, 2.45) is 16.6 Å². The fourth-order valence-electron chi connectivity index (χ4n) is 7.75. The molecule has 6 rings (SSSR count). The van der Waals surface area contributed by atoms with Crippen LogP contribution in [0.2, 0.25) is 0 Å². The summed E-state index contributed by atoms with van der Waals surface area (Å²) >= 11 is 0.